The maximum absolute atomic E-state index is 13.0. The van der Waals surface area contributed by atoms with E-state index >= 15 is 0 Å². The van der Waals surface area contributed by atoms with Crippen molar-refractivity contribution < 1.29 is 17.9 Å². The van der Waals surface area contributed by atoms with E-state index in [4.69, 9.17) is 4.74 Å². The normalized spacial score (nSPS) is 13.9. The maximum atomic E-state index is 13.0. The van der Waals surface area contributed by atoms with E-state index in [2.05, 4.69) is 5.32 Å². The molecule has 6 nitrogen and oxygen atoms in total. The lowest BCUT2D eigenvalue weighted by molar-refractivity contribution is 0.0948. The van der Waals surface area contributed by atoms with Crippen LogP contribution in [-0.4, -0.2) is 41.1 Å². The van der Waals surface area contributed by atoms with Gasteiger partial charge in [-0.05, 0) is 55.2 Å². The zero-order valence-electron chi connectivity index (χ0n) is 15.3. The van der Waals surface area contributed by atoms with Crippen molar-refractivity contribution in [2.24, 2.45) is 0 Å². The number of anilines is 1. The molecule has 1 N–H and O–H groups in total. The first-order valence-corrected chi connectivity index (χ1v) is 10.5. The summed E-state index contributed by atoms with van der Waals surface area (Å²) in [6.07, 6.45) is 2.22. The number of fused-ring (bicyclic) bond motifs is 1. The molecule has 2 aromatic carbocycles. The SMILES string of the molecule is COCCCNC(=O)c1ccc2c(c1)CCCN2S(=O)(=O)c1ccccc1. The smallest absolute Gasteiger partial charge is 0.264 e. The van der Waals surface area contributed by atoms with Crippen LogP contribution in [0.15, 0.2) is 53.4 Å². The van der Waals surface area contributed by atoms with Crippen LogP contribution in [0.2, 0.25) is 0 Å². The second-order valence-corrected chi connectivity index (χ2v) is 8.30. The zero-order chi connectivity index (χ0) is 19.3. The summed E-state index contributed by atoms with van der Waals surface area (Å²) in [7, 11) is -1.98. The summed E-state index contributed by atoms with van der Waals surface area (Å²) in [5.41, 5.74) is 2.08. The summed E-state index contributed by atoms with van der Waals surface area (Å²) in [6.45, 7) is 1.57. The summed E-state index contributed by atoms with van der Waals surface area (Å²) in [5, 5.41) is 2.86. The van der Waals surface area contributed by atoms with Crippen LogP contribution in [0.3, 0.4) is 0 Å². The molecule has 0 fully saturated rings. The molecule has 1 heterocycles. The Kier molecular flexibility index (Phi) is 6.13. The van der Waals surface area contributed by atoms with Gasteiger partial charge in [-0.25, -0.2) is 8.42 Å². The van der Waals surface area contributed by atoms with Crippen molar-refractivity contribution in [1.29, 1.82) is 0 Å². The highest BCUT2D eigenvalue weighted by Gasteiger charge is 2.29. The van der Waals surface area contributed by atoms with Crippen LogP contribution in [0.1, 0.15) is 28.8 Å². The number of hydrogen-bond donors (Lipinski definition) is 1. The van der Waals surface area contributed by atoms with Gasteiger partial charge in [-0.3, -0.25) is 9.10 Å². The van der Waals surface area contributed by atoms with Crippen LogP contribution in [0.25, 0.3) is 0 Å². The number of methoxy groups -OCH3 is 1. The quantitative estimate of drug-likeness (QED) is 0.740. The van der Waals surface area contributed by atoms with Gasteiger partial charge < -0.3 is 10.1 Å². The van der Waals surface area contributed by atoms with Gasteiger partial charge in [-0.2, -0.15) is 0 Å². The Balaban J connectivity index is 1.82. The number of sulfonamides is 1. The third kappa shape index (κ3) is 4.31. The molecule has 144 valence electrons. The summed E-state index contributed by atoms with van der Waals surface area (Å²) < 4.78 is 32.4. The molecule has 0 bridgehead atoms. The molecule has 0 spiro atoms. The van der Waals surface area contributed by atoms with Crippen molar-refractivity contribution in [3.8, 4) is 0 Å². The number of ether oxygens (including phenoxy) is 1. The summed E-state index contributed by atoms with van der Waals surface area (Å²) in [5.74, 6) is -0.156. The third-order valence-corrected chi connectivity index (χ3v) is 6.39. The highest BCUT2D eigenvalue weighted by atomic mass is 32.2. The number of nitrogens with one attached hydrogen (secondary N) is 1. The molecule has 1 amide bonds. The maximum Gasteiger partial charge on any atom is 0.264 e. The van der Waals surface area contributed by atoms with E-state index in [1.165, 1.54) is 4.31 Å². The molecule has 27 heavy (non-hydrogen) atoms. The number of carbonyl (C=O) groups excluding carboxylic acids is 1. The van der Waals surface area contributed by atoms with Crippen LogP contribution in [0.4, 0.5) is 5.69 Å². The molecule has 1 aliphatic rings. The average Bonchev–Trinajstić information content (AvgIpc) is 2.70. The fourth-order valence-corrected chi connectivity index (χ4v) is 4.76. The molecular weight excluding hydrogens is 364 g/mol. The Labute approximate surface area is 160 Å². The number of rotatable bonds is 7. The van der Waals surface area contributed by atoms with Gasteiger partial charge in [0, 0.05) is 32.4 Å². The Hall–Kier alpha value is -2.38. The number of amides is 1. The average molecular weight is 388 g/mol. The first-order valence-electron chi connectivity index (χ1n) is 9.02. The van der Waals surface area contributed by atoms with E-state index in [0.29, 0.717) is 30.9 Å². The Bertz CT molecular complexity index is 897. The van der Waals surface area contributed by atoms with Crippen molar-refractivity contribution in [2.45, 2.75) is 24.2 Å². The molecule has 2 aromatic rings. The Morgan fingerprint density at radius 1 is 1.19 bits per heavy atom. The van der Waals surface area contributed by atoms with Gasteiger partial charge in [0.25, 0.3) is 15.9 Å². The molecule has 0 saturated heterocycles. The second-order valence-electron chi connectivity index (χ2n) is 6.44. The molecule has 0 radical (unpaired) electrons. The predicted octanol–water partition coefficient (Wildman–Crippen LogP) is 2.59. The monoisotopic (exact) mass is 388 g/mol. The molecule has 3 rings (SSSR count). The first-order chi connectivity index (χ1) is 13.0. The van der Waals surface area contributed by atoms with Gasteiger partial charge in [0.1, 0.15) is 0 Å². The van der Waals surface area contributed by atoms with E-state index in [0.717, 1.165) is 24.8 Å². The number of benzene rings is 2. The van der Waals surface area contributed by atoms with Crippen molar-refractivity contribution in [2.75, 3.05) is 31.1 Å². The van der Waals surface area contributed by atoms with Crippen LogP contribution in [0.5, 0.6) is 0 Å². The largest absolute Gasteiger partial charge is 0.385 e. The second kappa shape index (κ2) is 8.54. The Morgan fingerprint density at radius 3 is 2.70 bits per heavy atom. The van der Waals surface area contributed by atoms with E-state index in [1.54, 1.807) is 55.6 Å². The van der Waals surface area contributed by atoms with Crippen LogP contribution < -0.4 is 9.62 Å². The summed E-state index contributed by atoms with van der Waals surface area (Å²) in [6, 6.07) is 13.6. The lowest BCUT2D eigenvalue weighted by atomic mass is 10.0. The van der Waals surface area contributed by atoms with Crippen molar-refractivity contribution in [1.82, 2.24) is 5.32 Å². The highest BCUT2D eigenvalue weighted by Crippen LogP contribution is 2.32. The number of hydrogen-bond acceptors (Lipinski definition) is 4. The molecule has 0 atom stereocenters. The topological polar surface area (TPSA) is 75.7 Å². The van der Waals surface area contributed by atoms with Gasteiger partial charge >= 0.3 is 0 Å². The van der Waals surface area contributed by atoms with Crippen LogP contribution in [-0.2, 0) is 21.2 Å². The number of aryl methyl sites for hydroxylation is 1. The highest BCUT2D eigenvalue weighted by molar-refractivity contribution is 7.92. The Morgan fingerprint density at radius 2 is 1.96 bits per heavy atom. The van der Waals surface area contributed by atoms with Gasteiger partial charge in [-0.15, -0.1) is 0 Å². The van der Waals surface area contributed by atoms with Gasteiger partial charge in [-0.1, -0.05) is 18.2 Å². The van der Waals surface area contributed by atoms with Crippen molar-refractivity contribution >= 4 is 21.6 Å². The number of carbonyl (C=O) groups is 1. The van der Waals surface area contributed by atoms with E-state index < -0.39 is 10.0 Å². The van der Waals surface area contributed by atoms with Crippen LogP contribution >= 0.6 is 0 Å². The van der Waals surface area contributed by atoms with Crippen molar-refractivity contribution in [3.63, 3.8) is 0 Å². The van der Waals surface area contributed by atoms with E-state index in [9.17, 15) is 13.2 Å². The molecule has 1 aliphatic heterocycles. The number of nitrogens with zero attached hydrogens (tertiary/aromatic N) is 1. The third-order valence-electron chi connectivity index (χ3n) is 4.56. The standard InChI is InChI=1S/C20H24N2O4S/c1-26-14-6-12-21-20(23)17-10-11-19-16(15-17)7-5-13-22(19)27(24,25)18-8-3-2-4-9-18/h2-4,8-11,15H,5-7,12-14H2,1H3,(H,21,23). The summed E-state index contributed by atoms with van der Waals surface area (Å²) in [4.78, 5) is 12.6. The van der Waals surface area contributed by atoms with Gasteiger partial charge in [0.2, 0.25) is 0 Å². The fourth-order valence-electron chi connectivity index (χ4n) is 3.19. The van der Waals surface area contributed by atoms with Gasteiger partial charge in [0.05, 0.1) is 10.6 Å². The van der Waals surface area contributed by atoms with Crippen LogP contribution in [0, 0.1) is 0 Å². The molecule has 0 aromatic heterocycles. The lowest BCUT2D eigenvalue weighted by Gasteiger charge is -2.30. The van der Waals surface area contributed by atoms with E-state index in [-0.39, 0.29) is 10.8 Å². The predicted molar refractivity (Wildman–Crippen MR) is 105 cm³/mol. The zero-order valence-corrected chi connectivity index (χ0v) is 16.2. The summed E-state index contributed by atoms with van der Waals surface area (Å²) >= 11 is 0. The fraction of sp³-hybridized carbons (Fsp3) is 0.350. The van der Waals surface area contributed by atoms with E-state index in [1.807, 2.05) is 0 Å². The molecule has 7 heteroatoms. The minimum atomic E-state index is -3.61. The van der Waals surface area contributed by atoms with Crippen molar-refractivity contribution in [3.05, 3.63) is 59.7 Å². The minimum Gasteiger partial charge on any atom is -0.385 e. The van der Waals surface area contributed by atoms with Gasteiger partial charge in [0.15, 0.2) is 0 Å². The molecule has 0 saturated carbocycles. The molecule has 0 unspecified atom stereocenters. The minimum absolute atomic E-state index is 0.156. The first kappa shape index (κ1) is 19.4. The molecule has 0 aliphatic carbocycles. The molecular formula is C20H24N2O4S. The lowest BCUT2D eigenvalue weighted by Crippen LogP contribution is -2.35.